The summed E-state index contributed by atoms with van der Waals surface area (Å²) in [6.07, 6.45) is 2.01. The van der Waals surface area contributed by atoms with Crippen LogP contribution < -0.4 is 20.1 Å². The van der Waals surface area contributed by atoms with Crippen LogP contribution in [-0.2, 0) is 9.84 Å². The van der Waals surface area contributed by atoms with Crippen LogP contribution in [0.4, 0.5) is 17.3 Å². The largest absolute Gasteiger partial charge is 0.497 e. The van der Waals surface area contributed by atoms with Gasteiger partial charge in [0.15, 0.2) is 9.84 Å². The summed E-state index contributed by atoms with van der Waals surface area (Å²) in [6.45, 7) is 0. The number of nitrogens with zero attached hydrogens (tertiary/aromatic N) is 2. The molecule has 134 valence electrons. The predicted octanol–water partition coefficient (Wildman–Crippen LogP) is 1.84. The molecule has 1 saturated heterocycles. The predicted molar refractivity (Wildman–Crippen MR) is 95.5 cm³/mol. The summed E-state index contributed by atoms with van der Waals surface area (Å²) in [7, 11) is 0.228. The van der Waals surface area contributed by atoms with Gasteiger partial charge < -0.3 is 20.1 Å². The van der Waals surface area contributed by atoms with E-state index in [1.165, 1.54) is 6.33 Å². The molecular formula is C16H20N4O4S. The first-order valence-electron chi connectivity index (χ1n) is 7.77. The molecule has 0 spiro atoms. The van der Waals surface area contributed by atoms with Crippen LogP contribution in [-0.4, -0.2) is 50.2 Å². The van der Waals surface area contributed by atoms with E-state index in [0.29, 0.717) is 29.6 Å². The van der Waals surface area contributed by atoms with Gasteiger partial charge in [-0.2, -0.15) is 0 Å². The van der Waals surface area contributed by atoms with Gasteiger partial charge in [-0.1, -0.05) is 0 Å². The maximum absolute atomic E-state index is 11.6. The Morgan fingerprint density at radius 3 is 2.60 bits per heavy atom. The van der Waals surface area contributed by atoms with Gasteiger partial charge in [0, 0.05) is 18.2 Å². The Bertz CT molecular complexity index is 857. The van der Waals surface area contributed by atoms with E-state index in [4.69, 9.17) is 9.47 Å². The molecule has 8 nitrogen and oxygen atoms in total. The minimum absolute atomic E-state index is 0.122. The van der Waals surface area contributed by atoms with E-state index in [-0.39, 0.29) is 17.5 Å². The molecule has 9 heteroatoms. The molecule has 1 aliphatic heterocycles. The van der Waals surface area contributed by atoms with Crippen LogP contribution in [0.3, 0.4) is 0 Å². The topological polar surface area (TPSA) is 102 Å². The molecule has 2 N–H and O–H groups in total. The number of hydrogen-bond acceptors (Lipinski definition) is 8. The summed E-state index contributed by atoms with van der Waals surface area (Å²) >= 11 is 0. The van der Waals surface area contributed by atoms with E-state index < -0.39 is 9.84 Å². The van der Waals surface area contributed by atoms with E-state index in [9.17, 15) is 8.42 Å². The van der Waals surface area contributed by atoms with Gasteiger partial charge in [0.1, 0.15) is 29.5 Å². The van der Waals surface area contributed by atoms with Crippen molar-refractivity contribution in [2.45, 2.75) is 12.5 Å². The normalized spacial score (nSPS) is 18.6. The maximum atomic E-state index is 11.6. The van der Waals surface area contributed by atoms with Crippen LogP contribution in [0.2, 0.25) is 0 Å². The molecule has 1 atom stereocenters. The van der Waals surface area contributed by atoms with Gasteiger partial charge in [-0.05, 0) is 18.6 Å². The van der Waals surface area contributed by atoms with Crippen molar-refractivity contribution in [1.29, 1.82) is 0 Å². The van der Waals surface area contributed by atoms with Gasteiger partial charge in [0.25, 0.3) is 0 Å². The second-order valence-electron chi connectivity index (χ2n) is 5.72. The number of sulfone groups is 1. The Morgan fingerprint density at radius 2 is 1.92 bits per heavy atom. The molecule has 0 aliphatic carbocycles. The molecule has 0 bridgehead atoms. The number of rotatable bonds is 6. The Balaban J connectivity index is 1.74. The highest BCUT2D eigenvalue weighted by atomic mass is 32.2. The molecule has 2 aromatic rings. The first kappa shape index (κ1) is 17.3. The third kappa shape index (κ3) is 4.30. The fourth-order valence-corrected chi connectivity index (χ4v) is 4.34. The highest BCUT2D eigenvalue weighted by Crippen LogP contribution is 2.31. The van der Waals surface area contributed by atoms with Crippen LogP contribution in [0.1, 0.15) is 6.42 Å². The van der Waals surface area contributed by atoms with Crippen LogP contribution >= 0.6 is 0 Å². The summed E-state index contributed by atoms with van der Waals surface area (Å²) in [5, 5.41) is 6.31. The molecule has 1 aliphatic rings. The van der Waals surface area contributed by atoms with E-state index in [0.717, 1.165) is 5.69 Å². The minimum Gasteiger partial charge on any atom is -0.497 e. The average molecular weight is 364 g/mol. The third-order valence-electron chi connectivity index (χ3n) is 3.92. The van der Waals surface area contributed by atoms with Crippen LogP contribution in [0, 0.1) is 0 Å². The van der Waals surface area contributed by atoms with Crippen molar-refractivity contribution in [3.05, 3.63) is 30.6 Å². The molecule has 1 fully saturated rings. The van der Waals surface area contributed by atoms with Gasteiger partial charge in [0.05, 0.1) is 31.4 Å². The molecule has 1 unspecified atom stereocenters. The van der Waals surface area contributed by atoms with Gasteiger partial charge in [-0.15, -0.1) is 0 Å². The number of anilines is 3. The zero-order chi connectivity index (χ0) is 17.9. The SMILES string of the molecule is COc1ccc(Nc2cc(NC3CCS(=O)(=O)C3)ncn2)c(OC)c1. The van der Waals surface area contributed by atoms with Crippen molar-refractivity contribution in [2.24, 2.45) is 0 Å². The second kappa shape index (κ2) is 7.14. The summed E-state index contributed by atoms with van der Waals surface area (Å²) < 4.78 is 33.6. The molecule has 2 heterocycles. The monoisotopic (exact) mass is 364 g/mol. The van der Waals surface area contributed by atoms with E-state index in [1.807, 2.05) is 12.1 Å². The molecule has 0 amide bonds. The Kier molecular flexibility index (Phi) is 4.93. The van der Waals surface area contributed by atoms with Gasteiger partial charge in [-0.25, -0.2) is 18.4 Å². The molecular weight excluding hydrogens is 344 g/mol. The quantitative estimate of drug-likeness (QED) is 0.800. The fraction of sp³-hybridized carbons (Fsp3) is 0.375. The second-order valence-corrected chi connectivity index (χ2v) is 7.95. The zero-order valence-corrected chi connectivity index (χ0v) is 14.8. The molecule has 0 radical (unpaired) electrons. The molecule has 1 aromatic carbocycles. The minimum atomic E-state index is -2.94. The number of nitrogens with one attached hydrogen (secondary N) is 2. The molecule has 1 aromatic heterocycles. The van der Waals surface area contributed by atoms with Gasteiger partial charge in [0.2, 0.25) is 0 Å². The molecule has 25 heavy (non-hydrogen) atoms. The van der Waals surface area contributed by atoms with Crippen molar-refractivity contribution in [3.8, 4) is 11.5 Å². The molecule has 3 rings (SSSR count). The lowest BCUT2D eigenvalue weighted by atomic mass is 10.2. The average Bonchev–Trinajstić information content (AvgIpc) is 2.94. The summed E-state index contributed by atoms with van der Waals surface area (Å²) in [6, 6.07) is 7.02. The Morgan fingerprint density at radius 1 is 1.12 bits per heavy atom. The van der Waals surface area contributed by atoms with Crippen LogP contribution in [0.5, 0.6) is 11.5 Å². The van der Waals surface area contributed by atoms with Crippen LogP contribution in [0.25, 0.3) is 0 Å². The Labute approximate surface area is 146 Å². The van der Waals surface area contributed by atoms with E-state index in [2.05, 4.69) is 20.6 Å². The number of hydrogen-bond donors (Lipinski definition) is 2. The van der Waals surface area contributed by atoms with E-state index in [1.54, 1.807) is 26.4 Å². The number of methoxy groups -OCH3 is 2. The third-order valence-corrected chi connectivity index (χ3v) is 5.69. The maximum Gasteiger partial charge on any atom is 0.152 e. The molecule has 0 saturated carbocycles. The van der Waals surface area contributed by atoms with Gasteiger partial charge in [-0.3, -0.25) is 0 Å². The number of ether oxygens (including phenoxy) is 2. The first-order valence-corrected chi connectivity index (χ1v) is 9.59. The van der Waals surface area contributed by atoms with Crippen molar-refractivity contribution in [2.75, 3.05) is 36.4 Å². The van der Waals surface area contributed by atoms with Crippen molar-refractivity contribution < 1.29 is 17.9 Å². The van der Waals surface area contributed by atoms with Crippen molar-refractivity contribution in [3.63, 3.8) is 0 Å². The standard InChI is InChI=1S/C16H20N4O4S/c1-23-12-3-4-13(14(7-12)24-2)20-16-8-15(17-10-18-16)19-11-5-6-25(21,22)9-11/h3-4,7-8,10-11H,5-6,9H2,1-2H3,(H2,17,18,19,20). The lowest BCUT2D eigenvalue weighted by molar-refractivity contribution is 0.395. The smallest absolute Gasteiger partial charge is 0.152 e. The van der Waals surface area contributed by atoms with Crippen molar-refractivity contribution >= 4 is 27.2 Å². The lowest BCUT2D eigenvalue weighted by Gasteiger charge is -2.14. The summed E-state index contributed by atoms with van der Waals surface area (Å²) in [4.78, 5) is 8.34. The zero-order valence-electron chi connectivity index (χ0n) is 14.0. The fourth-order valence-electron chi connectivity index (χ4n) is 2.66. The highest BCUT2D eigenvalue weighted by Gasteiger charge is 2.27. The van der Waals surface area contributed by atoms with E-state index >= 15 is 0 Å². The summed E-state index contributed by atoms with van der Waals surface area (Å²) in [5.41, 5.74) is 0.733. The number of aromatic nitrogens is 2. The lowest BCUT2D eigenvalue weighted by Crippen LogP contribution is -2.21. The van der Waals surface area contributed by atoms with Crippen molar-refractivity contribution in [1.82, 2.24) is 9.97 Å². The first-order chi connectivity index (χ1) is 12.0. The Hall–Kier alpha value is -2.55. The highest BCUT2D eigenvalue weighted by molar-refractivity contribution is 7.91. The van der Waals surface area contributed by atoms with Crippen LogP contribution in [0.15, 0.2) is 30.6 Å². The van der Waals surface area contributed by atoms with Gasteiger partial charge >= 0.3 is 0 Å². The number of benzene rings is 1. The summed E-state index contributed by atoms with van der Waals surface area (Å²) in [5.74, 6) is 2.80.